The van der Waals surface area contributed by atoms with Crippen molar-refractivity contribution in [3.05, 3.63) is 47.3 Å². The molecule has 18 heavy (non-hydrogen) atoms. The molecule has 1 aromatic carbocycles. The largest absolute Gasteiger partial charge is 0.228 e. The number of nitriles is 1. The van der Waals surface area contributed by atoms with Gasteiger partial charge in [-0.3, -0.25) is 0 Å². The summed E-state index contributed by atoms with van der Waals surface area (Å²) in [5.74, 6) is -1.82. The Kier molecular flexibility index (Phi) is 3.53. The second kappa shape index (κ2) is 5.10. The Morgan fingerprint density at radius 2 is 1.94 bits per heavy atom. The van der Waals surface area contributed by atoms with Crippen molar-refractivity contribution in [2.45, 2.75) is 17.0 Å². The predicted molar refractivity (Wildman–Crippen MR) is 62.0 cm³/mol. The summed E-state index contributed by atoms with van der Waals surface area (Å²) in [6, 6.07) is 7.01. The molecule has 0 fully saturated rings. The molecule has 6 heteroatoms. The SMILES string of the molecule is Cc1cc(C#N)nc(Sc2ccc(F)c(F)c2)n1. The van der Waals surface area contributed by atoms with Crippen molar-refractivity contribution in [2.24, 2.45) is 0 Å². The van der Waals surface area contributed by atoms with E-state index in [9.17, 15) is 8.78 Å². The van der Waals surface area contributed by atoms with Gasteiger partial charge in [0.05, 0.1) is 0 Å². The van der Waals surface area contributed by atoms with Gasteiger partial charge in [0, 0.05) is 10.6 Å². The molecule has 0 aliphatic rings. The predicted octanol–water partition coefficient (Wildman–Crippen LogP) is 3.09. The Bertz CT molecular complexity index is 638. The highest BCUT2D eigenvalue weighted by atomic mass is 32.2. The fourth-order valence-corrected chi connectivity index (χ4v) is 2.13. The van der Waals surface area contributed by atoms with E-state index in [2.05, 4.69) is 9.97 Å². The molecule has 3 nitrogen and oxygen atoms in total. The Morgan fingerprint density at radius 1 is 1.17 bits per heavy atom. The fraction of sp³-hybridized carbons (Fsp3) is 0.0833. The van der Waals surface area contributed by atoms with Gasteiger partial charge in [-0.15, -0.1) is 0 Å². The standard InChI is InChI=1S/C12H7F2N3S/c1-7-4-8(6-15)17-12(16-7)18-9-2-3-10(13)11(14)5-9/h2-5H,1H3. The summed E-state index contributed by atoms with van der Waals surface area (Å²) in [6.45, 7) is 1.73. The van der Waals surface area contributed by atoms with E-state index in [1.807, 2.05) is 6.07 Å². The van der Waals surface area contributed by atoms with E-state index in [0.29, 0.717) is 15.7 Å². The molecule has 0 spiro atoms. The zero-order chi connectivity index (χ0) is 13.1. The highest BCUT2D eigenvalue weighted by Crippen LogP contribution is 2.26. The second-order valence-electron chi connectivity index (χ2n) is 3.47. The van der Waals surface area contributed by atoms with E-state index < -0.39 is 11.6 Å². The first kappa shape index (κ1) is 12.5. The lowest BCUT2D eigenvalue weighted by Crippen LogP contribution is -1.93. The van der Waals surface area contributed by atoms with Crippen LogP contribution >= 0.6 is 11.8 Å². The van der Waals surface area contributed by atoms with E-state index in [0.717, 1.165) is 23.9 Å². The maximum absolute atomic E-state index is 13.0. The van der Waals surface area contributed by atoms with Gasteiger partial charge in [0.25, 0.3) is 0 Å². The van der Waals surface area contributed by atoms with Crippen LogP contribution in [0.3, 0.4) is 0 Å². The van der Waals surface area contributed by atoms with Crippen LogP contribution in [0.4, 0.5) is 8.78 Å². The third-order valence-electron chi connectivity index (χ3n) is 2.05. The number of benzene rings is 1. The Morgan fingerprint density at radius 3 is 2.61 bits per heavy atom. The third kappa shape index (κ3) is 2.81. The summed E-state index contributed by atoms with van der Waals surface area (Å²) in [5.41, 5.74) is 0.888. The number of nitrogens with zero attached hydrogens (tertiary/aromatic N) is 3. The van der Waals surface area contributed by atoms with Crippen LogP contribution in [0, 0.1) is 29.9 Å². The average molecular weight is 263 g/mol. The maximum Gasteiger partial charge on any atom is 0.193 e. The lowest BCUT2D eigenvalue weighted by molar-refractivity contribution is 0.506. The van der Waals surface area contributed by atoms with Crippen molar-refractivity contribution in [2.75, 3.05) is 0 Å². The average Bonchev–Trinajstić information content (AvgIpc) is 2.33. The van der Waals surface area contributed by atoms with Gasteiger partial charge in [-0.25, -0.2) is 18.7 Å². The van der Waals surface area contributed by atoms with Crippen molar-refractivity contribution in [1.82, 2.24) is 9.97 Å². The first-order valence-electron chi connectivity index (χ1n) is 4.97. The van der Waals surface area contributed by atoms with Gasteiger partial charge in [0.1, 0.15) is 11.8 Å². The molecule has 0 bridgehead atoms. The zero-order valence-corrected chi connectivity index (χ0v) is 10.1. The highest BCUT2D eigenvalue weighted by Gasteiger charge is 2.07. The van der Waals surface area contributed by atoms with Crippen molar-refractivity contribution >= 4 is 11.8 Å². The highest BCUT2D eigenvalue weighted by molar-refractivity contribution is 7.99. The molecule has 0 saturated heterocycles. The van der Waals surface area contributed by atoms with Gasteiger partial charge in [0.2, 0.25) is 0 Å². The van der Waals surface area contributed by atoms with Crippen molar-refractivity contribution in [1.29, 1.82) is 5.26 Å². The molecule has 2 aromatic rings. The van der Waals surface area contributed by atoms with Crippen molar-refractivity contribution in [3.8, 4) is 6.07 Å². The summed E-state index contributed by atoms with van der Waals surface area (Å²) in [6.07, 6.45) is 0. The van der Waals surface area contributed by atoms with Crippen LogP contribution in [-0.4, -0.2) is 9.97 Å². The molecule has 0 N–H and O–H groups in total. The Balaban J connectivity index is 2.31. The van der Waals surface area contributed by atoms with Crippen LogP contribution in [0.15, 0.2) is 34.3 Å². The van der Waals surface area contributed by atoms with Gasteiger partial charge in [-0.1, -0.05) is 0 Å². The van der Waals surface area contributed by atoms with E-state index in [1.54, 1.807) is 13.0 Å². The van der Waals surface area contributed by atoms with Crippen molar-refractivity contribution in [3.63, 3.8) is 0 Å². The van der Waals surface area contributed by atoms with E-state index in [-0.39, 0.29) is 5.69 Å². The van der Waals surface area contributed by atoms with Gasteiger partial charge in [0.15, 0.2) is 16.8 Å². The molecule has 0 saturated carbocycles. The van der Waals surface area contributed by atoms with Gasteiger partial charge < -0.3 is 0 Å². The van der Waals surface area contributed by atoms with Crippen LogP contribution in [0.2, 0.25) is 0 Å². The molecule has 2 rings (SSSR count). The number of hydrogen-bond donors (Lipinski definition) is 0. The lowest BCUT2D eigenvalue weighted by atomic mass is 10.3. The normalized spacial score (nSPS) is 10.1. The number of rotatable bonds is 2. The third-order valence-corrected chi connectivity index (χ3v) is 2.90. The minimum atomic E-state index is -0.923. The smallest absolute Gasteiger partial charge is 0.193 e. The van der Waals surface area contributed by atoms with E-state index >= 15 is 0 Å². The first-order valence-corrected chi connectivity index (χ1v) is 5.79. The second-order valence-corrected chi connectivity index (χ2v) is 4.51. The van der Waals surface area contributed by atoms with Gasteiger partial charge in [-0.2, -0.15) is 5.26 Å². The van der Waals surface area contributed by atoms with Crippen molar-refractivity contribution < 1.29 is 8.78 Å². The molecule has 0 radical (unpaired) electrons. The monoisotopic (exact) mass is 263 g/mol. The van der Waals surface area contributed by atoms with Crippen LogP contribution in [0.1, 0.15) is 11.4 Å². The molecular formula is C12H7F2N3S. The number of aryl methyl sites for hydroxylation is 1. The molecule has 90 valence electrons. The molecule has 0 atom stereocenters. The van der Waals surface area contributed by atoms with Crippen LogP contribution in [-0.2, 0) is 0 Å². The van der Waals surface area contributed by atoms with Crippen LogP contribution in [0.25, 0.3) is 0 Å². The molecule has 1 heterocycles. The fourth-order valence-electron chi connectivity index (χ4n) is 1.29. The zero-order valence-electron chi connectivity index (χ0n) is 9.32. The molecule has 0 aliphatic carbocycles. The molecule has 0 unspecified atom stereocenters. The van der Waals surface area contributed by atoms with Crippen LogP contribution in [0.5, 0.6) is 0 Å². The lowest BCUT2D eigenvalue weighted by Gasteiger charge is -2.02. The Hall–Kier alpha value is -2.00. The number of hydrogen-bond acceptors (Lipinski definition) is 4. The summed E-state index contributed by atoms with van der Waals surface area (Å²) < 4.78 is 25.8. The summed E-state index contributed by atoms with van der Waals surface area (Å²) in [4.78, 5) is 8.56. The summed E-state index contributed by atoms with van der Waals surface area (Å²) >= 11 is 1.07. The molecular weight excluding hydrogens is 256 g/mol. The topological polar surface area (TPSA) is 49.6 Å². The van der Waals surface area contributed by atoms with Crippen LogP contribution < -0.4 is 0 Å². The summed E-state index contributed by atoms with van der Waals surface area (Å²) in [7, 11) is 0. The quantitative estimate of drug-likeness (QED) is 0.781. The van der Waals surface area contributed by atoms with E-state index in [4.69, 9.17) is 5.26 Å². The molecule has 0 amide bonds. The first-order chi connectivity index (χ1) is 8.58. The molecule has 1 aromatic heterocycles. The number of halogens is 2. The number of aromatic nitrogens is 2. The minimum Gasteiger partial charge on any atom is -0.228 e. The Labute approximate surface area is 107 Å². The van der Waals surface area contributed by atoms with E-state index in [1.165, 1.54) is 6.07 Å². The van der Waals surface area contributed by atoms with Gasteiger partial charge >= 0.3 is 0 Å². The maximum atomic E-state index is 13.0. The van der Waals surface area contributed by atoms with Gasteiger partial charge in [-0.05, 0) is 43.0 Å². The minimum absolute atomic E-state index is 0.243. The summed E-state index contributed by atoms with van der Waals surface area (Å²) in [5, 5.41) is 9.11. The molecule has 0 aliphatic heterocycles.